The number of nitrogens with two attached hydrogens (primary N) is 2. The number of carbonyl (C=O) groups excluding carboxylic acids is 1. The smallest absolute Gasteiger partial charge is 0.254 e. The van der Waals surface area contributed by atoms with E-state index in [0.717, 1.165) is 23.1 Å². The van der Waals surface area contributed by atoms with Crippen LogP contribution in [0.3, 0.4) is 0 Å². The van der Waals surface area contributed by atoms with Crippen molar-refractivity contribution in [2.24, 2.45) is 12.8 Å². The highest BCUT2D eigenvalue weighted by Gasteiger charge is 2.05. The molecule has 1 heterocycles. The molecule has 3 rings (SSSR count). The molecule has 6 heteroatoms. The lowest BCUT2D eigenvalue weighted by atomic mass is 9.99. The minimum absolute atomic E-state index is 0.157. The largest absolute Gasteiger partial charge is 0.369 e. The lowest BCUT2D eigenvalue weighted by Crippen LogP contribution is -2.21. The van der Waals surface area contributed by atoms with Gasteiger partial charge in [-0.1, -0.05) is 36.4 Å². The maximum Gasteiger partial charge on any atom is 0.254 e. The van der Waals surface area contributed by atoms with Crippen LogP contribution in [0.2, 0.25) is 0 Å². The van der Waals surface area contributed by atoms with Crippen molar-refractivity contribution in [2.75, 3.05) is 5.73 Å². The Hall–Kier alpha value is -3.41. The predicted octanol–water partition coefficient (Wildman–Crippen LogP) is 1.91. The Kier molecular flexibility index (Phi) is 4.84. The number of anilines is 1. The van der Waals surface area contributed by atoms with Crippen molar-refractivity contribution < 1.29 is 4.79 Å². The second-order valence-corrected chi connectivity index (χ2v) is 6.14. The molecular weight excluding hydrogens is 328 g/mol. The summed E-state index contributed by atoms with van der Waals surface area (Å²) >= 11 is 0. The second kappa shape index (κ2) is 7.23. The van der Waals surface area contributed by atoms with Crippen molar-refractivity contribution in [1.82, 2.24) is 9.55 Å². The first kappa shape index (κ1) is 17.4. The van der Waals surface area contributed by atoms with Crippen LogP contribution in [-0.4, -0.2) is 15.5 Å². The summed E-state index contributed by atoms with van der Waals surface area (Å²) < 4.78 is 1.32. The summed E-state index contributed by atoms with van der Waals surface area (Å²) in [6.07, 6.45) is 1.37. The van der Waals surface area contributed by atoms with Crippen molar-refractivity contribution in [3.63, 3.8) is 0 Å². The average molecular weight is 348 g/mol. The number of aromatic nitrogens is 2. The molecule has 132 valence electrons. The third-order valence-electron chi connectivity index (χ3n) is 4.32. The maximum absolute atomic E-state index is 11.8. The molecule has 0 aliphatic carbocycles. The van der Waals surface area contributed by atoms with E-state index in [-0.39, 0.29) is 11.5 Å². The van der Waals surface area contributed by atoms with Gasteiger partial charge in [0.15, 0.2) is 0 Å². The highest BCUT2D eigenvalue weighted by atomic mass is 16.1. The zero-order valence-corrected chi connectivity index (χ0v) is 14.5. The van der Waals surface area contributed by atoms with Crippen molar-refractivity contribution in [3.05, 3.63) is 81.8 Å². The summed E-state index contributed by atoms with van der Waals surface area (Å²) in [7, 11) is 1.60. The molecule has 0 bridgehead atoms. The van der Waals surface area contributed by atoms with E-state index < -0.39 is 5.91 Å². The standard InChI is InChI=1S/C20H20N4O2/c1-24-18(25)12-17(23-20(24)22)10-5-13-3-2-4-16(11-13)14-6-8-15(9-7-14)19(21)26/h2-4,6-9,11-12H,5,10H2,1H3,(H2,21,26)(H2,22,23). The van der Waals surface area contributed by atoms with Gasteiger partial charge < -0.3 is 11.5 Å². The molecular formula is C20H20N4O2. The molecule has 1 amide bonds. The molecule has 3 aromatic rings. The molecule has 26 heavy (non-hydrogen) atoms. The van der Waals surface area contributed by atoms with Gasteiger partial charge in [0.05, 0.1) is 5.69 Å². The first-order valence-electron chi connectivity index (χ1n) is 8.25. The van der Waals surface area contributed by atoms with Gasteiger partial charge in [-0.15, -0.1) is 0 Å². The van der Waals surface area contributed by atoms with Gasteiger partial charge in [-0.25, -0.2) is 4.98 Å². The fourth-order valence-electron chi connectivity index (χ4n) is 2.74. The van der Waals surface area contributed by atoms with Gasteiger partial charge >= 0.3 is 0 Å². The number of carbonyl (C=O) groups is 1. The third-order valence-corrected chi connectivity index (χ3v) is 4.32. The Bertz CT molecular complexity index is 1010. The Morgan fingerprint density at radius 2 is 1.77 bits per heavy atom. The zero-order chi connectivity index (χ0) is 18.7. The minimum atomic E-state index is -0.439. The molecule has 1 aromatic heterocycles. The number of nitrogens with zero attached hydrogens (tertiary/aromatic N) is 2. The van der Waals surface area contributed by atoms with E-state index in [4.69, 9.17) is 11.5 Å². The molecule has 0 fully saturated rings. The lowest BCUT2D eigenvalue weighted by molar-refractivity contribution is 0.100. The van der Waals surface area contributed by atoms with Crippen molar-refractivity contribution in [2.45, 2.75) is 12.8 Å². The van der Waals surface area contributed by atoms with Crippen molar-refractivity contribution in [1.29, 1.82) is 0 Å². The quantitative estimate of drug-likeness (QED) is 0.735. The molecule has 0 radical (unpaired) electrons. The van der Waals surface area contributed by atoms with E-state index in [2.05, 4.69) is 11.1 Å². The molecule has 0 aliphatic heterocycles. The average Bonchev–Trinajstić information content (AvgIpc) is 2.64. The monoisotopic (exact) mass is 348 g/mol. The van der Waals surface area contributed by atoms with Crippen LogP contribution in [0.4, 0.5) is 5.95 Å². The summed E-state index contributed by atoms with van der Waals surface area (Å²) in [5, 5.41) is 0. The van der Waals surface area contributed by atoms with E-state index in [1.807, 2.05) is 30.3 Å². The van der Waals surface area contributed by atoms with Crippen LogP contribution in [-0.2, 0) is 19.9 Å². The summed E-state index contributed by atoms with van der Waals surface area (Å²) in [6.45, 7) is 0. The lowest BCUT2D eigenvalue weighted by Gasteiger charge is -2.08. The molecule has 0 aliphatic rings. The molecule has 0 saturated heterocycles. The molecule has 4 N–H and O–H groups in total. The predicted molar refractivity (Wildman–Crippen MR) is 102 cm³/mol. The third kappa shape index (κ3) is 3.80. The highest BCUT2D eigenvalue weighted by molar-refractivity contribution is 5.93. The number of amides is 1. The summed E-state index contributed by atoms with van der Waals surface area (Å²) in [6, 6.07) is 16.8. The van der Waals surface area contributed by atoms with Gasteiger partial charge in [0.1, 0.15) is 0 Å². The number of primary amides is 1. The molecule has 6 nitrogen and oxygen atoms in total. The van der Waals surface area contributed by atoms with Crippen LogP contribution in [0.1, 0.15) is 21.6 Å². The SMILES string of the molecule is Cn1c(N)nc(CCc2cccc(-c3ccc(C(N)=O)cc3)c2)cc1=O. The van der Waals surface area contributed by atoms with E-state index in [9.17, 15) is 9.59 Å². The number of hydrogen-bond donors (Lipinski definition) is 2. The van der Waals surface area contributed by atoms with Crippen LogP contribution in [0, 0.1) is 0 Å². The van der Waals surface area contributed by atoms with Crippen LogP contribution >= 0.6 is 0 Å². The number of rotatable bonds is 5. The Morgan fingerprint density at radius 3 is 2.42 bits per heavy atom. The number of nitrogen functional groups attached to an aromatic ring is 1. The van der Waals surface area contributed by atoms with E-state index >= 15 is 0 Å². The summed E-state index contributed by atoms with van der Waals surface area (Å²) in [5.41, 5.74) is 15.2. The van der Waals surface area contributed by atoms with Gasteiger partial charge in [-0.3, -0.25) is 14.2 Å². The Labute approximate surface area is 151 Å². The van der Waals surface area contributed by atoms with Gasteiger partial charge in [0.2, 0.25) is 11.9 Å². The normalized spacial score (nSPS) is 10.7. The zero-order valence-electron chi connectivity index (χ0n) is 14.5. The Morgan fingerprint density at radius 1 is 1.04 bits per heavy atom. The molecule has 0 spiro atoms. The molecule has 0 atom stereocenters. The molecule has 0 saturated carbocycles. The van der Waals surface area contributed by atoms with Crippen LogP contribution in [0.5, 0.6) is 0 Å². The van der Waals surface area contributed by atoms with Gasteiger partial charge in [-0.2, -0.15) is 0 Å². The fraction of sp³-hybridized carbons (Fsp3) is 0.150. The fourth-order valence-corrected chi connectivity index (χ4v) is 2.74. The number of aryl methyl sites for hydroxylation is 2. The van der Waals surface area contributed by atoms with Crippen molar-refractivity contribution in [3.8, 4) is 11.1 Å². The first-order chi connectivity index (χ1) is 12.4. The van der Waals surface area contributed by atoms with Crippen LogP contribution in [0.25, 0.3) is 11.1 Å². The highest BCUT2D eigenvalue weighted by Crippen LogP contribution is 2.21. The first-order valence-corrected chi connectivity index (χ1v) is 8.25. The summed E-state index contributed by atoms with van der Waals surface area (Å²) in [4.78, 5) is 27.2. The van der Waals surface area contributed by atoms with E-state index in [1.165, 1.54) is 10.6 Å². The topological polar surface area (TPSA) is 104 Å². The van der Waals surface area contributed by atoms with Crippen LogP contribution < -0.4 is 17.0 Å². The van der Waals surface area contributed by atoms with Crippen molar-refractivity contribution >= 4 is 11.9 Å². The van der Waals surface area contributed by atoms with Gasteiger partial charge in [0.25, 0.3) is 5.56 Å². The number of hydrogen-bond acceptors (Lipinski definition) is 4. The molecule has 2 aromatic carbocycles. The Balaban J connectivity index is 1.77. The van der Waals surface area contributed by atoms with Crippen LogP contribution in [0.15, 0.2) is 59.4 Å². The minimum Gasteiger partial charge on any atom is -0.369 e. The molecule has 0 unspecified atom stereocenters. The maximum atomic E-state index is 11.8. The van der Waals surface area contributed by atoms with Gasteiger partial charge in [-0.05, 0) is 41.7 Å². The number of benzene rings is 2. The van der Waals surface area contributed by atoms with E-state index in [1.54, 1.807) is 19.2 Å². The summed E-state index contributed by atoms with van der Waals surface area (Å²) in [5.74, 6) is -0.220. The second-order valence-electron chi connectivity index (χ2n) is 6.14. The van der Waals surface area contributed by atoms with Gasteiger partial charge in [0, 0.05) is 18.7 Å². The van der Waals surface area contributed by atoms with E-state index in [0.29, 0.717) is 17.7 Å².